The molecule has 0 spiro atoms. The lowest BCUT2D eigenvalue weighted by Gasteiger charge is -2.52. The number of rotatable bonds is 5. The van der Waals surface area contributed by atoms with E-state index in [1.54, 1.807) is 0 Å². The van der Waals surface area contributed by atoms with E-state index in [1.807, 2.05) is 20.8 Å². The van der Waals surface area contributed by atoms with Gasteiger partial charge in [-0.15, -0.1) is 0 Å². The molecule has 4 rings (SSSR count). The maximum absolute atomic E-state index is 14.5. The zero-order valence-electron chi connectivity index (χ0n) is 23.4. The predicted molar refractivity (Wildman–Crippen MR) is 138 cm³/mol. The van der Waals surface area contributed by atoms with Gasteiger partial charge in [0.2, 0.25) is 5.91 Å². The number of halogens is 3. The smallest absolute Gasteiger partial charge is 0.417 e. The molecule has 1 aromatic rings. The number of aliphatic hydroxyl groups is 1. The number of likely N-dealkylation sites (N-methyl/N-ethyl adjacent to an activating group) is 1. The Labute approximate surface area is 234 Å². The van der Waals surface area contributed by atoms with Crippen LogP contribution in [0, 0.1) is 29.1 Å². The van der Waals surface area contributed by atoms with Gasteiger partial charge in [-0.1, -0.05) is 20.8 Å². The molecule has 0 aliphatic heterocycles. The number of ketones is 4. The Morgan fingerprint density at radius 3 is 2.27 bits per heavy atom. The minimum absolute atomic E-state index is 0.248. The van der Waals surface area contributed by atoms with Crippen LogP contribution in [0.25, 0.3) is 0 Å². The molecular weight excluding hydrogens is 547 g/mol. The Kier molecular flexibility index (Phi) is 7.50. The summed E-state index contributed by atoms with van der Waals surface area (Å²) in [4.78, 5) is 67.3. The lowest BCUT2D eigenvalue weighted by Crippen LogP contribution is -2.74. The van der Waals surface area contributed by atoms with Gasteiger partial charge in [0.05, 0.1) is 23.1 Å². The van der Waals surface area contributed by atoms with E-state index in [9.17, 15) is 47.4 Å². The van der Waals surface area contributed by atoms with Crippen LogP contribution in [0.3, 0.4) is 0 Å². The third-order valence-electron chi connectivity index (χ3n) is 8.40. The second kappa shape index (κ2) is 9.99. The monoisotopic (exact) mass is 581 g/mol. The number of Topliss-reactive ketones (excluding diaryl/α,β-unsaturated/α-hetero) is 4. The summed E-state index contributed by atoms with van der Waals surface area (Å²) < 4.78 is 43.5. The number of carbonyl (C=O) groups excluding carboxylic acids is 5. The second-order valence-corrected chi connectivity index (χ2v) is 12.7. The molecule has 0 bridgehead atoms. The molecule has 0 aromatic heterocycles. The minimum Gasteiger partial charge on any atom is -0.507 e. The maximum Gasteiger partial charge on any atom is 0.417 e. The Morgan fingerprint density at radius 1 is 1.15 bits per heavy atom. The number of nitrogens with two attached hydrogens (primary N) is 1. The van der Waals surface area contributed by atoms with Crippen LogP contribution in [0.4, 0.5) is 13.2 Å². The fourth-order valence-electron chi connectivity index (χ4n) is 6.81. The fraction of sp³-hybridized carbons (Fsp3) is 0.607. The van der Waals surface area contributed by atoms with Crippen molar-refractivity contribution in [1.29, 1.82) is 0 Å². The molecule has 0 radical (unpaired) electrons. The number of primary amides is 1. The summed E-state index contributed by atoms with van der Waals surface area (Å²) in [6.45, 7) is 5.78. The van der Waals surface area contributed by atoms with Crippen molar-refractivity contribution in [1.82, 2.24) is 10.2 Å². The van der Waals surface area contributed by atoms with Crippen molar-refractivity contribution in [2.24, 2.45) is 34.8 Å². The van der Waals surface area contributed by atoms with Crippen LogP contribution in [-0.4, -0.2) is 76.4 Å². The van der Waals surface area contributed by atoms with Crippen LogP contribution in [0.2, 0.25) is 0 Å². The van der Waals surface area contributed by atoms with Gasteiger partial charge in [-0.2, -0.15) is 13.2 Å². The van der Waals surface area contributed by atoms with Gasteiger partial charge in [0.1, 0.15) is 5.75 Å². The van der Waals surface area contributed by atoms with Crippen molar-refractivity contribution in [3.63, 3.8) is 0 Å². The first-order valence-electron chi connectivity index (χ1n) is 13.2. The molecule has 3 aliphatic rings. The SMILES string of the molecule is CN(C)[C@@H]1C(=O)C(C(N)=O)C(=O)[C@@]2(O)C(=O)C3C(=O)c4c(O)cc(CNCC(C)(C)C)c(C(F)(F)F)c4C[C@H]3C[C@@H]12. The number of phenols is 1. The average Bonchev–Trinajstić information content (AvgIpc) is 2.79. The van der Waals surface area contributed by atoms with Gasteiger partial charge < -0.3 is 21.3 Å². The summed E-state index contributed by atoms with van der Waals surface area (Å²) in [7, 11) is 2.84. The van der Waals surface area contributed by atoms with Gasteiger partial charge >= 0.3 is 6.18 Å². The molecule has 41 heavy (non-hydrogen) atoms. The maximum atomic E-state index is 14.5. The van der Waals surface area contributed by atoms with E-state index in [-0.39, 0.29) is 23.9 Å². The fourth-order valence-corrected chi connectivity index (χ4v) is 6.81. The van der Waals surface area contributed by atoms with Gasteiger partial charge in [0.25, 0.3) is 0 Å². The van der Waals surface area contributed by atoms with Crippen molar-refractivity contribution in [3.8, 4) is 5.75 Å². The number of nitrogens with zero attached hydrogens (tertiary/aromatic N) is 1. The number of alkyl halides is 3. The molecule has 2 unspecified atom stereocenters. The van der Waals surface area contributed by atoms with Gasteiger partial charge in [0, 0.05) is 19.0 Å². The molecule has 1 amide bonds. The second-order valence-electron chi connectivity index (χ2n) is 12.7. The predicted octanol–water partition coefficient (Wildman–Crippen LogP) is 1.02. The number of aromatic hydroxyl groups is 1. The van der Waals surface area contributed by atoms with Crippen LogP contribution in [-0.2, 0) is 38.3 Å². The summed E-state index contributed by atoms with van der Waals surface area (Å²) in [5.41, 5.74) is -0.458. The summed E-state index contributed by atoms with van der Waals surface area (Å²) in [6.07, 6.45) is -5.73. The van der Waals surface area contributed by atoms with E-state index >= 15 is 0 Å². The van der Waals surface area contributed by atoms with Crippen LogP contribution in [0.5, 0.6) is 5.75 Å². The van der Waals surface area contributed by atoms with E-state index in [0.717, 1.165) is 6.07 Å². The molecule has 13 heteroatoms. The molecule has 0 saturated heterocycles. The number of benzene rings is 1. The first-order chi connectivity index (χ1) is 18.7. The molecule has 2 saturated carbocycles. The van der Waals surface area contributed by atoms with Gasteiger partial charge in [-0.25, -0.2) is 0 Å². The number of hydrogen-bond donors (Lipinski definition) is 4. The van der Waals surface area contributed by atoms with Crippen molar-refractivity contribution < 1.29 is 47.4 Å². The van der Waals surface area contributed by atoms with Gasteiger partial charge in [0.15, 0.2) is 34.7 Å². The zero-order valence-corrected chi connectivity index (χ0v) is 23.4. The van der Waals surface area contributed by atoms with E-state index < -0.39 is 99.4 Å². The number of fused-ring (bicyclic) bond motifs is 3. The highest BCUT2D eigenvalue weighted by Gasteiger charge is 2.69. The zero-order chi connectivity index (χ0) is 31.0. The minimum atomic E-state index is -4.92. The van der Waals surface area contributed by atoms with E-state index in [1.165, 1.54) is 19.0 Å². The molecular formula is C28H34F3N3O7. The number of phenolic OH excluding ortho intramolecular Hbond substituents is 1. The summed E-state index contributed by atoms with van der Waals surface area (Å²) in [6, 6.07) is -0.504. The van der Waals surface area contributed by atoms with Gasteiger partial charge in [-0.3, -0.25) is 28.9 Å². The van der Waals surface area contributed by atoms with Crippen molar-refractivity contribution >= 4 is 29.0 Å². The Bertz CT molecular complexity index is 1350. The van der Waals surface area contributed by atoms with Crippen LogP contribution in [0.15, 0.2) is 6.07 Å². The largest absolute Gasteiger partial charge is 0.507 e. The standard InChI is InChI=1S/C28H34F3N3O7/c1-26(2,3)10-33-9-12-8-15(35)17-13(19(12)28(29,30)31)6-11-7-14-20(34(4)5)22(37)18(25(32)40)24(39)27(14,41)23(38)16(11)21(17)36/h8,11,14,16,18,20,33,35,41H,6-7,9-10H2,1-5H3,(H2,32,40)/t11-,14-,16?,18?,20-,27-/m0/s1. The topological polar surface area (TPSA) is 167 Å². The highest BCUT2D eigenvalue weighted by atomic mass is 19.4. The highest BCUT2D eigenvalue weighted by Crippen LogP contribution is 2.52. The van der Waals surface area contributed by atoms with Gasteiger partial charge in [-0.05, 0) is 55.5 Å². The molecule has 10 nitrogen and oxygen atoms in total. The van der Waals surface area contributed by atoms with Crippen molar-refractivity contribution in [3.05, 3.63) is 28.3 Å². The molecule has 3 aliphatic carbocycles. The quantitative estimate of drug-likeness (QED) is 0.371. The van der Waals surface area contributed by atoms with Crippen molar-refractivity contribution in [2.45, 2.75) is 58.0 Å². The molecule has 5 N–H and O–H groups in total. The van der Waals surface area contributed by atoms with E-state index in [0.29, 0.717) is 6.54 Å². The molecule has 224 valence electrons. The van der Waals surface area contributed by atoms with E-state index in [4.69, 9.17) is 5.73 Å². The highest BCUT2D eigenvalue weighted by molar-refractivity contribution is 6.32. The third-order valence-corrected chi connectivity index (χ3v) is 8.40. The Balaban J connectivity index is 1.86. The Hall–Kier alpha value is -3.16. The van der Waals surface area contributed by atoms with Crippen LogP contribution in [0.1, 0.15) is 54.2 Å². The summed E-state index contributed by atoms with van der Waals surface area (Å²) >= 11 is 0. The summed E-state index contributed by atoms with van der Waals surface area (Å²) in [5, 5.41) is 25.3. The number of nitrogens with one attached hydrogen (secondary N) is 1. The normalized spacial score (nSPS) is 30.2. The van der Waals surface area contributed by atoms with Crippen LogP contribution < -0.4 is 11.1 Å². The third kappa shape index (κ3) is 4.87. The number of carbonyl (C=O) groups is 5. The molecule has 2 fully saturated rings. The number of hydrogen-bond acceptors (Lipinski definition) is 9. The Morgan fingerprint density at radius 2 is 1.76 bits per heavy atom. The lowest BCUT2D eigenvalue weighted by molar-refractivity contribution is -0.181. The summed E-state index contributed by atoms with van der Waals surface area (Å²) in [5.74, 6) is -13.4. The van der Waals surface area contributed by atoms with E-state index in [2.05, 4.69) is 5.32 Å². The average molecular weight is 582 g/mol. The molecule has 6 atom stereocenters. The first kappa shape index (κ1) is 30.8. The molecule has 1 aromatic carbocycles. The first-order valence-corrected chi connectivity index (χ1v) is 13.2. The van der Waals surface area contributed by atoms with Crippen molar-refractivity contribution in [2.75, 3.05) is 20.6 Å². The number of amides is 1. The molecule has 0 heterocycles. The van der Waals surface area contributed by atoms with Crippen LogP contribution >= 0.6 is 0 Å². The lowest BCUT2D eigenvalue weighted by atomic mass is 9.52.